The van der Waals surface area contributed by atoms with Crippen LogP contribution in [-0.4, -0.2) is 36.0 Å². The summed E-state index contributed by atoms with van der Waals surface area (Å²) < 4.78 is 18.9. The summed E-state index contributed by atoms with van der Waals surface area (Å²) in [5.74, 6) is 0.136. The van der Waals surface area contributed by atoms with E-state index in [0.717, 1.165) is 5.56 Å². The van der Waals surface area contributed by atoms with Gasteiger partial charge in [0.2, 0.25) is 0 Å². The summed E-state index contributed by atoms with van der Waals surface area (Å²) in [6, 6.07) is 26.0. The number of aromatic nitrogens is 1. The Morgan fingerprint density at radius 1 is 0.919 bits per heavy atom. The second-order valence-corrected chi connectivity index (χ2v) is 8.92. The summed E-state index contributed by atoms with van der Waals surface area (Å²) in [7, 11) is 1.98. The predicted octanol–water partition coefficient (Wildman–Crippen LogP) is 5.58. The van der Waals surface area contributed by atoms with E-state index in [2.05, 4.69) is 15.2 Å². The molecular weight excluding hydrogens is 469 g/mol. The van der Waals surface area contributed by atoms with Crippen molar-refractivity contribution in [3.05, 3.63) is 118 Å². The van der Waals surface area contributed by atoms with Gasteiger partial charge in [0.15, 0.2) is 5.43 Å². The molecule has 0 spiro atoms. The Hall–Kier alpha value is -4.49. The van der Waals surface area contributed by atoms with Gasteiger partial charge in [-0.3, -0.25) is 14.5 Å². The number of anilines is 1. The normalized spacial score (nSPS) is 11.2. The molecule has 0 bridgehead atoms. The maximum absolute atomic E-state index is 13.1. The lowest BCUT2D eigenvalue weighted by Gasteiger charge is -2.17. The van der Waals surface area contributed by atoms with Crippen molar-refractivity contribution in [3.63, 3.8) is 0 Å². The molecule has 0 saturated carbocycles. The van der Waals surface area contributed by atoms with Crippen LogP contribution in [-0.2, 0) is 6.54 Å². The fourth-order valence-corrected chi connectivity index (χ4v) is 4.27. The predicted molar refractivity (Wildman–Crippen MR) is 145 cm³/mol. The molecule has 7 heteroatoms. The third-order valence-electron chi connectivity index (χ3n) is 6.20. The molecule has 1 heterocycles. The number of nitrogens with zero attached hydrogens (tertiary/aromatic N) is 1. The molecule has 4 aromatic carbocycles. The van der Waals surface area contributed by atoms with Crippen LogP contribution in [0, 0.1) is 5.82 Å². The van der Waals surface area contributed by atoms with E-state index < -0.39 is 0 Å². The van der Waals surface area contributed by atoms with Crippen LogP contribution in [0.15, 0.2) is 95.8 Å². The number of H-pyrrole nitrogens is 1. The Bertz CT molecular complexity index is 1610. The average Bonchev–Trinajstić information content (AvgIpc) is 2.91. The van der Waals surface area contributed by atoms with E-state index in [1.165, 1.54) is 12.1 Å². The first-order valence-corrected chi connectivity index (χ1v) is 12.0. The molecule has 0 radical (unpaired) electrons. The van der Waals surface area contributed by atoms with Gasteiger partial charge < -0.3 is 15.0 Å². The summed E-state index contributed by atoms with van der Waals surface area (Å²) in [6.45, 7) is 1.88. The Morgan fingerprint density at radius 3 is 2.43 bits per heavy atom. The number of fused-ring (bicyclic) bond motifs is 2. The molecule has 2 N–H and O–H groups in total. The van der Waals surface area contributed by atoms with Gasteiger partial charge in [0.25, 0.3) is 5.91 Å². The monoisotopic (exact) mass is 495 g/mol. The van der Waals surface area contributed by atoms with Crippen LogP contribution in [0.2, 0.25) is 0 Å². The maximum atomic E-state index is 13.1. The van der Waals surface area contributed by atoms with Gasteiger partial charge in [-0.15, -0.1) is 0 Å². The molecule has 186 valence electrons. The van der Waals surface area contributed by atoms with E-state index in [1.54, 1.807) is 60.7 Å². The number of benzene rings is 4. The van der Waals surface area contributed by atoms with Crippen LogP contribution in [0.4, 0.5) is 10.1 Å². The van der Waals surface area contributed by atoms with Gasteiger partial charge in [0.1, 0.15) is 18.2 Å². The van der Waals surface area contributed by atoms with Gasteiger partial charge >= 0.3 is 0 Å². The third kappa shape index (κ3) is 5.52. The first-order valence-electron chi connectivity index (χ1n) is 12.0. The molecular formula is C30H26FN3O3. The molecule has 1 aromatic heterocycles. The van der Waals surface area contributed by atoms with Crippen molar-refractivity contribution in [1.29, 1.82) is 0 Å². The molecule has 0 atom stereocenters. The Kier molecular flexibility index (Phi) is 6.96. The number of carbonyl (C=O) groups is 1. The summed E-state index contributed by atoms with van der Waals surface area (Å²) in [6.07, 6.45) is 0. The standard InChI is InChI=1S/C30H26FN3O3/c1-34(19-20-9-11-21(31)12-10-20)17-18-37-23-15-13-22(14-16-23)32-30(36)26-7-4-6-25-28(26)33-27-8-3-2-5-24(27)29(25)35/h2-16H,17-19H2,1H3,(H,32,36)(H,33,35). The van der Waals surface area contributed by atoms with Gasteiger partial charge in [-0.25, -0.2) is 4.39 Å². The van der Waals surface area contributed by atoms with Crippen LogP contribution in [0.25, 0.3) is 21.8 Å². The number of halogens is 1. The molecule has 0 aliphatic heterocycles. The zero-order valence-corrected chi connectivity index (χ0v) is 20.3. The molecule has 0 aliphatic carbocycles. The number of carbonyl (C=O) groups excluding carboxylic acids is 1. The van der Waals surface area contributed by atoms with E-state index in [-0.39, 0.29) is 17.2 Å². The fraction of sp³-hybridized carbons (Fsp3) is 0.133. The Labute approximate surface area is 213 Å². The van der Waals surface area contributed by atoms with Crippen LogP contribution in [0.3, 0.4) is 0 Å². The number of para-hydroxylation sites is 2. The minimum atomic E-state index is -0.312. The lowest BCUT2D eigenvalue weighted by molar-refractivity contribution is 0.102. The van der Waals surface area contributed by atoms with Crippen LogP contribution >= 0.6 is 0 Å². The highest BCUT2D eigenvalue weighted by Crippen LogP contribution is 2.21. The van der Waals surface area contributed by atoms with Crippen molar-refractivity contribution in [2.75, 3.05) is 25.5 Å². The highest BCUT2D eigenvalue weighted by atomic mass is 19.1. The SMILES string of the molecule is CN(CCOc1ccc(NC(=O)c2cccc3c(=O)c4ccccc4[nH]c23)cc1)Cc1ccc(F)cc1. The van der Waals surface area contributed by atoms with Gasteiger partial charge in [0.05, 0.1) is 11.1 Å². The Balaban J connectivity index is 1.21. The van der Waals surface area contributed by atoms with E-state index >= 15 is 0 Å². The summed E-state index contributed by atoms with van der Waals surface area (Å²) in [5, 5.41) is 3.96. The average molecular weight is 496 g/mol. The molecule has 0 aliphatic rings. The number of ether oxygens (including phenoxy) is 1. The number of rotatable bonds is 8. The lowest BCUT2D eigenvalue weighted by Crippen LogP contribution is -2.23. The highest BCUT2D eigenvalue weighted by Gasteiger charge is 2.14. The lowest BCUT2D eigenvalue weighted by atomic mass is 10.1. The molecule has 0 fully saturated rings. The Morgan fingerprint density at radius 2 is 1.65 bits per heavy atom. The van der Waals surface area contributed by atoms with E-state index in [1.807, 2.05) is 25.2 Å². The summed E-state index contributed by atoms with van der Waals surface area (Å²) >= 11 is 0. The molecule has 6 nitrogen and oxygen atoms in total. The number of nitrogens with one attached hydrogen (secondary N) is 2. The second kappa shape index (κ2) is 10.6. The number of pyridine rings is 1. The van der Waals surface area contributed by atoms with Gasteiger partial charge in [-0.1, -0.05) is 30.3 Å². The van der Waals surface area contributed by atoms with E-state index in [0.29, 0.717) is 58.5 Å². The van der Waals surface area contributed by atoms with Crippen molar-refractivity contribution >= 4 is 33.4 Å². The van der Waals surface area contributed by atoms with Crippen molar-refractivity contribution in [2.24, 2.45) is 0 Å². The number of likely N-dealkylation sites (N-methyl/N-ethyl adjacent to an activating group) is 1. The number of hydrogen-bond acceptors (Lipinski definition) is 4. The van der Waals surface area contributed by atoms with E-state index in [9.17, 15) is 14.0 Å². The first kappa shape index (κ1) is 24.2. The van der Waals surface area contributed by atoms with Crippen LogP contribution < -0.4 is 15.5 Å². The minimum Gasteiger partial charge on any atom is -0.492 e. The van der Waals surface area contributed by atoms with Crippen molar-refractivity contribution < 1.29 is 13.9 Å². The van der Waals surface area contributed by atoms with Crippen molar-refractivity contribution in [1.82, 2.24) is 9.88 Å². The maximum Gasteiger partial charge on any atom is 0.257 e. The van der Waals surface area contributed by atoms with Gasteiger partial charge in [-0.05, 0) is 73.3 Å². The minimum absolute atomic E-state index is 0.108. The van der Waals surface area contributed by atoms with Gasteiger partial charge in [-0.2, -0.15) is 0 Å². The summed E-state index contributed by atoms with van der Waals surface area (Å²) in [4.78, 5) is 31.3. The van der Waals surface area contributed by atoms with E-state index in [4.69, 9.17) is 4.74 Å². The topological polar surface area (TPSA) is 74.4 Å². The zero-order chi connectivity index (χ0) is 25.8. The summed E-state index contributed by atoms with van der Waals surface area (Å²) in [5.41, 5.74) is 3.13. The zero-order valence-electron chi connectivity index (χ0n) is 20.3. The second-order valence-electron chi connectivity index (χ2n) is 8.92. The fourth-order valence-electron chi connectivity index (χ4n) is 4.27. The number of hydrogen-bond donors (Lipinski definition) is 2. The molecule has 5 rings (SSSR count). The van der Waals surface area contributed by atoms with Crippen molar-refractivity contribution in [3.8, 4) is 5.75 Å². The largest absolute Gasteiger partial charge is 0.492 e. The highest BCUT2D eigenvalue weighted by molar-refractivity contribution is 6.13. The quantitative estimate of drug-likeness (QED) is 0.276. The van der Waals surface area contributed by atoms with Crippen LogP contribution in [0.5, 0.6) is 5.75 Å². The van der Waals surface area contributed by atoms with Crippen LogP contribution in [0.1, 0.15) is 15.9 Å². The van der Waals surface area contributed by atoms with Gasteiger partial charge in [0, 0.05) is 35.1 Å². The first-order chi connectivity index (χ1) is 18.0. The molecule has 37 heavy (non-hydrogen) atoms. The van der Waals surface area contributed by atoms with Crippen molar-refractivity contribution in [2.45, 2.75) is 6.54 Å². The number of aromatic amines is 1. The number of amides is 1. The smallest absolute Gasteiger partial charge is 0.257 e. The molecule has 1 amide bonds. The third-order valence-corrected chi connectivity index (χ3v) is 6.20. The molecule has 0 unspecified atom stereocenters. The molecule has 5 aromatic rings. The molecule has 0 saturated heterocycles.